The Labute approximate surface area is 168 Å². The first kappa shape index (κ1) is 20.8. The molecule has 2 aromatic rings. The van der Waals surface area contributed by atoms with E-state index < -0.39 is 6.61 Å². The van der Waals surface area contributed by atoms with Gasteiger partial charge in [-0.2, -0.15) is 8.78 Å². The Morgan fingerprint density at radius 1 is 1.10 bits per heavy atom. The van der Waals surface area contributed by atoms with Gasteiger partial charge in [0.05, 0.1) is 6.54 Å². The average Bonchev–Trinajstić information content (AvgIpc) is 2.89. The summed E-state index contributed by atoms with van der Waals surface area (Å²) < 4.78 is 30.1. The first-order valence-electron chi connectivity index (χ1n) is 9.70. The van der Waals surface area contributed by atoms with Crippen molar-refractivity contribution in [1.29, 1.82) is 0 Å². The molecule has 5 nitrogen and oxygen atoms in total. The van der Waals surface area contributed by atoms with Gasteiger partial charge in [0.15, 0.2) is 0 Å². The second kappa shape index (κ2) is 10.0. The van der Waals surface area contributed by atoms with Crippen LogP contribution in [0.3, 0.4) is 0 Å². The summed E-state index contributed by atoms with van der Waals surface area (Å²) in [7, 11) is 0. The first-order valence-corrected chi connectivity index (χ1v) is 9.70. The predicted molar refractivity (Wildman–Crippen MR) is 106 cm³/mol. The number of nitrogens with one attached hydrogen (secondary N) is 1. The summed E-state index contributed by atoms with van der Waals surface area (Å²) in [6, 6.07) is 14.0. The van der Waals surface area contributed by atoms with Crippen LogP contribution in [0, 0.1) is 0 Å². The van der Waals surface area contributed by atoms with Crippen molar-refractivity contribution in [3.63, 3.8) is 0 Å². The average molecular weight is 402 g/mol. The summed E-state index contributed by atoms with van der Waals surface area (Å²) in [4.78, 5) is 26.1. The van der Waals surface area contributed by atoms with Crippen molar-refractivity contribution in [2.75, 3.05) is 18.4 Å². The van der Waals surface area contributed by atoms with Crippen LogP contribution in [0.2, 0.25) is 0 Å². The van der Waals surface area contributed by atoms with Gasteiger partial charge in [0, 0.05) is 30.6 Å². The fourth-order valence-electron chi connectivity index (χ4n) is 3.40. The maximum Gasteiger partial charge on any atom is 0.387 e. The Morgan fingerprint density at radius 3 is 2.66 bits per heavy atom. The van der Waals surface area contributed by atoms with Gasteiger partial charge < -0.3 is 15.0 Å². The largest absolute Gasteiger partial charge is 0.435 e. The quantitative estimate of drug-likeness (QED) is 0.754. The second-order valence-electron chi connectivity index (χ2n) is 7.04. The van der Waals surface area contributed by atoms with Crippen LogP contribution in [-0.2, 0) is 16.0 Å². The lowest BCUT2D eigenvalue weighted by atomic mass is 10.0. The number of benzene rings is 2. The fraction of sp³-hybridized carbons (Fsp3) is 0.364. The highest BCUT2D eigenvalue weighted by atomic mass is 19.3. The van der Waals surface area contributed by atoms with E-state index in [1.54, 1.807) is 11.0 Å². The van der Waals surface area contributed by atoms with Gasteiger partial charge in [-0.25, -0.2) is 0 Å². The number of hydrogen-bond acceptors (Lipinski definition) is 3. The Kier molecular flexibility index (Phi) is 7.16. The standard InChI is InChI=1S/C22H24F2N2O3/c23-22(24)29-19-11-10-18(14-17(19)13-16-7-3-1-4-8-16)25-20(27)15-26-12-6-2-5-9-21(26)28/h1,3-4,7-8,10-11,14,22H,2,5-6,9,12-13,15H2,(H,25,27). The number of carbonyl (C=O) groups is 2. The number of nitrogens with zero attached hydrogens (tertiary/aromatic N) is 1. The minimum Gasteiger partial charge on any atom is -0.435 e. The molecule has 2 aromatic carbocycles. The monoisotopic (exact) mass is 402 g/mol. The number of anilines is 1. The smallest absolute Gasteiger partial charge is 0.387 e. The Hall–Kier alpha value is -2.96. The van der Waals surface area contributed by atoms with Crippen molar-refractivity contribution in [1.82, 2.24) is 4.90 Å². The predicted octanol–water partition coefficient (Wildman–Crippen LogP) is 4.22. The van der Waals surface area contributed by atoms with Gasteiger partial charge in [-0.1, -0.05) is 36.8 Å². The van der Waals surface area contributed by atoms with Crippen molar-refractivity contribution < 1.29 is 23.1 Å². The highest BCUT2D eigenvalue weighted by Crippen LogP contribution is 2.27. The normalized spacial score (nSPS) is 14.6. The number of likely N-dealkylation sites (tertiary alicyclic amines) is 1. The molecular formula is C22H24F2N2O3. The van der Waals surface area contributed by atoms with E-state index >= 15 is 0 Å². The topological polar surface area (TPSA) is 58.6 Å². The molecular weight excluding hydrogens is 378 g/mol. The summed E-state index contributed by atoms with van der Waals surface area (Å²) in [5.41, 5.74) is 1.95. The SMILES string of the molecule is O=C(CN1CCCCCC1=O)Nc1ccc(OC(F)F)c(Cc2ccccc2)c1. The molecule has 0 saturated carbocycles. The van der Waals surface area contributed by atoms with Gasteiger partial charge in [-0.15, -0.1) is 0 Å². The zero-order chi connectivity index (χ0) is 20.6. The fourth-order valence-corrected chi connectivity index (χ4v) is 3.40. The van der Waals surface area contributed by atoms with Crippen LogP contribution >= 0.6 is 0 Å². The molecule has 2 amide bonds. The van der Waals surface area contributed by atoms with Crippen LogP contribution in [0.1, 0.15) is 36.8 Å². The van der Waals surface area contributed by atoms with Gasteiger partial charge in [0.25, 0.3) is 0 Å². The lowest BCUT2D eigenvalue weighted by molar-refractivity contribution is -0.134. The third kappa shape index (κ3) is 6.27. The van der Waals surface area contributed by atoms with Crippen LogP contribution in [-0.4, -0.2) is 36.4 Å². The molecule has 154 valence electrons. The number of ether oxygens (including phenoxy) is 1. The molecule has 0 unspecified atom stereocenters. The summed E-state index contributed by atoms with van der Waals surface area (Å²) in [5.74, 6) is -0.249. The van der Waals surface area contributed by atoms with E-state index in [9.17, 15) is 18.4 Å². The molecule has 29 heavy (non-hydrogen) atoms. The molecule has 0 aromatic heterocycles. The number of amides is 2. The van der Waals surface area contributed by atoms with Crippen LogP contribution in [0.15, 0.2) is 48.5 Å². The number of hydrogen-bond donors (Lipinski definition) is 1. The number of rotatable bonds is 7. The third-order valence-corrected chi connectivity index (χ3v) is 4.80. The van der Waals surface area contributed by atoms with E-state index in [0.717, 1.165) is 24.8 Å². The maximum absolute atomic E-state index is 12.8. The van der Waals surface area contributed by atoms with E-state index in [1.165, 1.54) is 12.1 Å². The molecule has 0 bridgehead atoms. The maximum atomic E-state index is 12.8. The van der Waals surface area contributed by atoms with Crippen molar-refractivity contribution in [2.45, 2.75) is 38.7 Å². The van der Waals surface area contributed by atoms with Crippen molar-refractivity contribution in [3.8, 4) is 5.75 Å². The summed E-state index contributed by atoms with van der Waals surface area (Å²) >= 11 is 0. The zero-order valence-electron chi connectivity index (χ0n) is 16.1. The van der Waals surface area contributed by atoms with E-state index in [0.29, 0.717) is 30.6 Å². The van der Waals surface area contributed by atoms with Gasteiger partial charge in [0.1, 0.15) is 5.75 Å². The van der Waals surface area contributed by atoms with E-state index in [4.69, 9.17) is 0 Å². The van der Waals surface area contributed by atoms with Gasteiger partial charge in [-0.3, -0.25) is 9.59 Å². The minimum absolute atomic E-state index is 0.0110. The zero-order valence-corrected chi connectivity index (χ0v) is 16.1. The van der Waals surface area contributed by atoms with Crippen LogP contribution < -0.4 is 10.1 Å². The molecule has 0 aliphatic carbocycles. The molecule has 1 aliphatic heterocycles. The molecule has 3 rings (SSSR count). The second-order valence-corrected chi connectivity index (χ2v) is 7.04. The molecule has 1 fully saturated rings. The number of halogens is 2. The molecule has 0 atom stereocenters. The lowest BCUT2D eigenvalue weighted by Gasteiger charge is -2.20. The van der Waals surface area contributed by atoms with Crippen LogP contribution in [0.4, 0.5) is 14.5 Å². The van der Waals surface area contributed by atoms with Crippen LogP contribution in [0.5, 0.6) is 5.75 Å². The van der Waals surface area contributed by atoms with E-state index in [1.807, 2.05) is 30.3 Å². The van der Waals surface area contributed by atoms with Crippen molar-refractivity contribution >= 4 is 17.5 Å². The minimum atomic E-state index is -2.93. The van der Waals surface area contributed by atoms with Crippen molar-refractivity contribution in [2.24, 2.45) is 0 Å². The summed E-state index contributed by atoms with van der Waals surface area (Å²) in [6.45, 7) is -2.37. The molecule has 1 heterocycles. The molecule has 1 saturated heterocycles. The summed E-state index contributed by atoms with van der Waals surface area (Å²) in [5, 5.41) is 2.76. The highest BCUT2D eigenvalue weighted by Gasteiger charge is 2.19. The molecule has 7 heteroatoms. The van der Waals surface area contributed by atoms with Crippen LogP contribution in [0.25, 0.3) is 0 Å². The molecule has 0 radical (unpaired) electrons. The highest BCUT2D eigenvalue weighted by molar-refractivity contribution is 5.94. The third-order valence-electron chi connectivity index (χ3n) is 4.80. The van der Waals surface area contributed by atoms with Gasteiger partial charge in [0.2, 0.25) is 11.8 Å². The molecule has 0 spiro atoms. The van der Waals surface area contributed by atoms with E-state index in [2.05, 4.69) is 10.1 Å². The molecule has 1 aliphatic rings. The van der Waals surface area contributed by atoms with Gasteiger partial charge in [-0.05, 0) is 36.6 Å². The van der Waals surface area contributed by atoms with E-state index in [-0.39, 0.29) is 24.1 Å². The Morgan fingerprint density at radius 2 is 1.90 bits per heavy atom. The Balaban J connectivity index is 1.72. The summed E-state index contributed by atoms with van der Waals surface area (Å²) in [6.07, 6.45) is 3.58. The Bertz CT molecular complexity index is 843. The van der Waals surface area contributed by atoms with Gasteiger partial charge >= 0.3 is 6.61 Å². The molecule has 1 N–H and O–H groups in total. The number of alkyl halides is 2. The first-order chi connectivity index (χ1) is 14.0. The number of carbonyl (C=O) groups excluding carboxylic acids is 2. The van der Waals surface area contributed by atoms with Crippen molar-refractivity contribution in [3.05, 3.63) is 59.7 Å². The lowest BCUT2D eigenvalue weighted by Crippen LogP contribution is -2.37.